The fourth-order valence-corrected chi connectivity index (χ4v) is 4.99. The Morgan fingerprint density at radius 2 is 1.93 bits per heavy atom. The highest BCUT2D eigenvalue weighted by Crippen LogP contribution is 2.27. The number of ketones is 1. The number of aromatic amines is 1. The van der Waals surface area contributed by atoms with Crippen LogP contribution < -0.4 is 5.76 Å². The van der Waals surface area contributed by atoms with Gasteiger partial charge in [-0.2, -0.15) is 4.31 Å². The van der Waals surface area contributed by atoms with Gasteiger partial charge in [-0.25, -0.2) is 13.2 Å². The summed E-state index contributed by atoms with van der Waals surface area (Å²) in [5.74, 6) is -1.04. The van der Waals surface area contributed by atoms with E-state index in [9.17, 15) is 18.0 Å². The minimum absolute atomic E-state index is 0.0393. The summed E-state index contributed by atoms with van der Waals surface area (Å²) in [4.78, 5) is 26.5. The Balaban J connectivity index is 1.61. The second kappa shape index (κ2) is 6.79. The number of hydrogen-bond donors (Lipinski definition) is 1. The van der Waals surface area contributed by atoms with Crippen LogP contribution in [0.2, 0.25) is 0 Å². The number of hydrogen-bond acceptors (Lipinski definition) is 5. The van der Waals surface area contributed by atoms with E-state index in [2.05, 4.69) is 4.98 Å². The van der Waals surface area contributed by atoms with Crippen molar-refractivity contribution in [2.75, 3.05) is 13.1 Å². The van der Waals surface area contributed by atoms with Crippen molar-refractivity contribution in [2.45, 2.75) is 17.7 Å². The number of aromatic nitrogens is 1. The average molecular weight is 386 g/mol. The standard InChI is InChI=1S/C19H18N2O5S/c22-18(13-5-2-1-3-6-13)14-7-4-10-21(12-14)27(24,25)15-8-9-16-17(11-15)26-19(23)20-16/h1-3,5-6,8-9,11,14H,4,7,10,12H2,(H,20,23). The van der Waals surface area contributed by atoms with Crippen molar-refractivity contribution in [1.82, 2.24) is 9.29 Å². The number of piperidine rings is 1. The average Bonchev–Trinajstić information content (AvgIpc) is 3.07. The summed E-state index contributed by atoms with van der Waals surface area (Å²) >= 11 is 0. The summed E-state index contributed by atoms with van der Waals surface area (Å²) in [6, 6.07) is 13.2. The number of oxazole rings is 1. The van der Waals surface area contributed by atoms with Crippen LogP contribution in [0.15, 0.2) is 62.6 Å². The molecule has 140 valence electrons. The largest absolute Gasteiger partial charge is 0.417 e. The summed E-state index contributed by atoms with van der Waals surface area (Å²) in [5.41, 5.74) is 1.22. The number of sulfonamides is 1. The number of carbonyl (C=O) groups excluding carboxylic acids is 1. The molecular weight excluding hydrogens is 368 g/mol. The first kappa shape index (κ1) is 17.7. The van der Waals surface area contributed by atoms with Crippen LogP contribution in [-0.4, -0.2) is 36.6 Å². The molecule has 1 saturated heterocycles. The Morgan fingerprint density at radius 3 is 2.70 bits per heavy atom. The van der Waals surface area contributed by atoms with Crippen molar-refractivity contribution in [3.8, 4) is 0 Å². The molecule has 0 spiro atoms. The fraction of sp³-hybridized carbons (Fsp3) is 0.263. The van der Waals surface area contributed by atoms with Crippen molar-refractivity contribution in [1.29, 1.82) is 0 Å². The van der Waals surface area contributed by atoms with Crippen molar-refractivity contribution < 1.29 is 17.6 Å². The van der Waals surface area contributed by atoms with Crippen LogP contribution in [0.3, 0.4) is 0 Å². The molecule has 0 radical (unpaired) electrons. The van der Waals surface area contributed by atoms with Gasteiger partial charge < -0.3 is 4.42 Å². The van der Waals surface area contributed by atoms with Gasteiger partial charge in [-0.3, -0.25) is 9.78 Å². The zero-order chi connectivity index (χ0) is 19.0. The predicted molar refractivity (Wildman–Crippen MR) is 99.1 cm³/mol. The van der Waals surface area contributed by atoms with E-state index in [-0.39, 0.29) is 28.7 Å². The Labute approximate surface area is 155 Å². The highest BCUT2D eigenvalue weighted by atomic mass is 32.2. The van der Waals surface area contributed by atoms with E-state index in [0.29, 0.717) is 30.5 Å². The van der Waals surface area contributed by atoms with E-state index in [1.54, 1.807) is 24.3 Å². The summed E-state index contributed by atoms with van der Waals surface area (Å²) in [6.45, 7) is 0.501. The fourth-order valence-electron chi connectivity index (χ4n) is 3.45. The number of nitrogens with zero attached hydrogens (tertiary/aromatic N) is 1. The number of fused-ring (bicyclic) bond motifs is 1. The molecule has 1 aromatic heterocycles. The number of carbonyl (C=O) groups is 1. The minimum Gasteiger partial charge on any atom is -0.408 e. The maximum Gasteiger partial charge on any atom is 0.417 e. The van der Waals surface area contributed by atoms with Crippen LogP contribution in [0, 0.1) is 5.92 Å². The second-order valence-electron chi connectivity index (χ2n) is 6.60. The van der Waals surface area contributed by atoms with E-state index >= 15 is 0 Å². The molecule has 27 heavy (non-hydrogen) atoms. The topological polar surface area (TPSA) is 100 Å². The first-order chi connectivity index (χ1) is 12.9. The number of nitrogens with one attached hydrogen (secondary N) is 1. The predicted octanol–water partition coefficient (Wildman–Crippen LogP) is 2.40. The molecule has 1 atom stereocenters. The normalized spacial score (nSPS) is 18.6. The van der Waals surface area contributed by atoms with Crippen molar-refractivity contribution in [3.63, 3.8) is 0 Å². The van der Waals surface area contributed by atoms with Crippen molar-refractivity contribution >= 4 is 26.9 Å². The molecule has 1 aliphatic heterocycles. The number of H-pyrrole nitrogens is 1. The van der Waals surface area contributed by atoms with Crippen LogP contribution >= 0.6 is 0 Å². The Kier molecular flexibility index (Phi) is 4.45. The lowest BCUT2D eigenvalue weighted by Gasteiger charge is -2.31. The van der Waals surface area contributed by atoms with Gasteiger partial charge in [-0.1, -0.05) is 30.3 Å². The molecule has 0 saturated carbocycles. The second-order valence-corrected chi connectivity index (χ2v) is 8.54. The van der Waals surface area contributed by atoms with Crippen LogP contribution in [0.25, 0.3) is 11.1 Å². The molecule has 1 fully saturated rings. The smallest absolute Gasteiger partial charge is 0.408 e. The first-order valence-corrected chi connectivity index (χ1v) is 10.1. The van der Waals surface area contributed by atoms with Crippen molar-refractivity contribution in [2.24, 2.45) is 5.92 Å². The highest BCUT2D eigenvalue weighted by molar-refractivity contribution is 7.89. The van der Waals surface area contributed by atoms with E-state index in [0.717, 1.165) is 0 Å². The van der Waals surface area contributed by atoms with E-state index in [1.165, 1.54) is 22.5 Å². The van der Waals surface area contributed by atoms with Gasteiger partial charge in [0.2, 0.25) is 10.0 Å². The maximum absolute atomic E-state index is 13.0. The molecule has 4 rings (SSSR count). The van der Waals surface area contributed by atoms with Gasteiger partial charge in [0, 0.05) is 30.6 Å². The molecule has 1 N–H and O–H groups in total. The van der Waals surface area contributed by atoms with Gasteiger partial charge in [0.15, 0.2) is 11.4 Å². The van der Waals surface area contributed by atoms with Gasteiger partial charge in [-0.05, 0) is 25.0 Å². The molecule has 2 aromatic carbocycles. The van der Waals surface area contributed by atoms with Crippen LogP contribution in [-0.2, 0) is 10.0 Å². The van der Waals surface area contributed by atoms with Crippen molar-refractivity contribution in [3.05, 3.63) is 64.6 Å². The third-order valence-electron chi connectivity index (χ3n) is 4.84. The zero-order valence-electron chi connectivity index (χ0n) is 14.4. The molecule has 3 aromatic rings. The lowest BCUT2D eigenvalue weighted by atomic mass is 9.91. The molecule has 1 aliphatic rings. The maximum atomic E-state index is 13.0. The molecule has 7 nitrogen and oxygen atoms in total. The minimum atomic E-state index is -3.79. The van der Waals surface area contributed by atoms with E-state index < -0.39 is 15.8 Å². The lowest BCUT2D eigenvalue weighted by Crippen LogP contribution is -2.42. The molecular formula is C19H18N2O5S. The van der Waals surface area contributed by atoms with Gasteiger partial charge in [0.1, 0.15) is 0 Å². The molecule has 0 amide bonds. The summed E-state index contributed by atoms with van der Waals surface area (Å²) in [6.07, 6.45) is 1.27. The monoisotopic (exact) mass is 386 g/mol. The van der Waals surface area contributed by atoms with Crippen LogP contribution in [0.5, 0.6) is 0 Å². The summed E-state index contributed by atoms with van der Waals surface area (Å²) in [5, 5.41) is 0. The summed E-state index contributed by atoms with van der Waals surface area (Å²) in [7, 11) is -3.79. The molecule has 8 heteroatoms. The third-order valence-corrected chi connectivity index (χ3v) is 6.70. The first-order valence-electron chi connectivity index (χ1n) is 8.67. The van der Waals surface area contributed by atoms with E-state index in [1.807, 2.05) is 6.07 Å². The molecule has 0 bridgehead atoms. The molecule has 0 aliphatic carbocycles. The number of benzene rings is 2. The van der Waals surface area contributed by atoms with Gasteiger partial charge in [0.05, 0.1) is 10.4 Å². The zero-order valence-corrected chi connectivity index (χ0v) is 15.2. The number of Topliss-reactive ketones (excluding diaryl/α,β-unsaturated/α-hetero) is 1. The SMILES string of the molecule is O=C(c1ccccc1)C1CCCN(S(=O)(=O)c2ccc3[nH]c(=O)oc3c2)C1. The molecule has 1 unspecified atom stereocenters. The number of rotatable bonds is 4. The lowest BCUT2D eigenvalue weighted by molar-refractivity contribution is 0.0872. The third kappa shape index (κ3) is 3.33. The highest BCUT2D eigenvalue weighted by Gasteiger charge is 2.33. The Bertz CT molecular complexity index is 1150. The molecule has 2 heterocycles. The van der Waals surface area contributed by atoms with Crippen LogP contribution in [0.1, 0.15) is 23.2 Å². The van der Waals surface area contributed by atoms with Gasteiger partial charge in [-0.15, -0.1) is 0 Å². The Morgan fingerprint density at radius 1 is 1.15 bits per heavy atom. The Hall–Kier alpha value is -2.71. The van der Waals surface area contributed by atoms with Gasteiger partial charge in [0.25, 0.3) is 0 Å². The van der Waals surface area contributed by atoms with Gasteiger partial charge >= 0.3 is 5.76 Å². The van der Waals surface area contributed by atoms with E-state index in [4.69, 9.17) is 4.42 Å². The summed E-state index contributed by atoms with van der Waals surface area (Å²) < 4.78 is 32.4. The van der Waals surface area contributed by atoms with Crippen LogP contribution in [0.4, 0.5) is 0 Å². The quantitative estimate of drug-likeness (QED) is 0.694.